The average molecular weight is 442 g/mol. The van der Waals surface area contributed by atoms with Crippen LogP contribution in [0.5, 0.6) is 5.75 Å². The smallest absolute Gasteiger partial charge is 0.407 e. The summed E-state index contributed by atoms with van der Waals surface area (Å²) in [6.45, 7) is 6.30. The first-order chi connectivity index (χ1) is 15.3. The highest BCUT2D eigenvalue weighted by molar-refractivity contribution is 6.09. The van der Waals surface area contributed by atoms with E-state index in [1.54, 1.807) is 62.6 Å². The molecule has 0 heterocycles. The van der Waals surface area contributed by atoms with Crippen LogP contribution in [0.2, 0.25) is 0 Å². The summed E-state index contributed by atoms with van der Waals surface area (Å²) in [7, 11) is 1.55. The summed E-state index contributed by atoms with van der Waals surface area (Å²) in [6.07, 6.45) is 0.161. The molecule has 0 aliphatic rings. The summed E-state index contributed by atoms with van der Waals surface area (Å²) in [6, 6.07) is 13.2. The van der Waals surface area contributed by atoms with E-state index in [9.17, 15) is 14.4 Å². The van der Waals surface area contributed by atoms with Crippen LogP contribution in [0.15, 0.2) is 48.5 Å². The summed E-state index contributed by atoms with van der Waals surface area (Å²) in [5, 5.41) is 8.40. The number of anilines is 1. The van der Waals surface area contributed by atoms with Gasteiger partial charge in [0.15, 0.2) is 0 Å². The molecule has 8 heteroatoms. The Kier molecular flexibility index (Phi) is 9.53. The Balaban J connectivity index is 2.06. The molecule has 0 fully saturated rings. The summed E-state index contributed by atoms with van der Waals surface area (Å²) in [5.41, 5.74) is 1.16. The number of methoxy groups -OCH3 is 1. The first-order valence-corrected chi connectivity index (χ1v) is 10.6. The molecule has 0 saturated heterocycles. The standard InChI is InChI=1S/C24H31N3O5/c1-5-32-24(30)26-18(14-16(2)3)15-25-23(29)20-8-6-7-9-21(20)27-22(28)17-10-12-19(31-4)13-11-17/h6-13,16,18H,5,14-15H2,1-4H3,(H,25,29)(H,26,30)(H,27,28). The number of carbonyl (C=O) groups excluding carboxylic acids is 3. The summed E-state index contributed by atoms with van der Waals surface area (Å²) in [5.74, 6) is 0.271. The fourth-order valence-electron chi connectivity index (χ4n) is 3.14. The number of ether oxygens (including phenoxy) is 2. The molecule has 2 aromatic carbocycles. The largest absolute Gasteiger partial charge is 0.497 e. The number of rotatable bonds is 10. The van der Waals surface area contributed by atoms with Crippen LogP contribution in [0.1, 0.15) is 47.9 Å². The van der Waals surface area contributed by atoms with E-state index >= 15 is 0 Å². The van der Waals surface area contributed by atoms with Gasteiger partial charge in [-0.25, -0.2) is 4.79 Å². The number of amides is 3. The second-order valence-electron chi connectivity index (χ2n) is 7.63. The summed E-state index contributed by atoms with van der Waals surface area (Å²) < 4.78 is 10.1. The van der Waals surface area contributed by atoms with Crippen LogP contribution in [-0.4, -0.2) is 44.2 Å². The highest BCUT2D eigenvalue weighted by Gasteiger charge is 2.18. The maximum absolute atomic E-state index is 12.8. The molecule has 3 N–H and O–H groups in total. The lowest BCUT2D eigenvalue weighted by atomic mass is 10.0. The van der Waals surface area contributed by atoms with Crippen molar-refractivity contribution in [2.45, 2.75) is 33.2 Å². The molecule has 0 radical (unpaired) electrons. The van der Waals surface area contributed by atoms with Gasteiger partial charge in [0.25, 0.3) is 11.8 Å². The highest BCUT2D eigenvalue weighted by Crippen LogP contribution is 2.18. The third kappa shape index (κ3) is 7.61. The van der Waals surface area contributed by atoms with E-state index in [-0.39, 0.29) is 31.0 Å². The van der Waals surface area contributed by atoms with Gasteiger partial charge in [0.2, 0.25) is 0 Å². The molecule has 3 amide bonds. The van der Waals surface area contributed by atoms with Crippen LogP contribution < -0.4 is 20.7 Å². The molecule has 0 saturated carbocycles. The van der Waals surface area contributed by atoms with Crippen LogP contribution in [0.25, 0.3) is 0 Å². The fraction of sp³-hybridized carbons (Fsp3) is 0.375. The minimum atomic E-state index is -0.514. The topological polar surface area (TPSA) is 106 Å². The third-order valence-corrected chi connectivity index (χ3v) is 4.63. The lowest BCUT2D eigenvalue weighted by Gasteiger charge is -2.21. The number of nitrogens with one attached hydrogen (secondary N) is 3. The molecule has 0 aliphatic carbocycles. The Hall–Kier alpha value is -3.55. The SMILES string of the molecule is CCOC(=O)NC(CNC(=O)c1ccccc1NC(=O)c1ccc(OC)cc1)CC(C)C. The lowest BCUT2D eigenvalue weighted by molar-refractivity contribution is 0.0945. The molecule has 0 spiro atoms. The molecular weight excluding hydrogens is 410 g/mol. The van der Waals surface area contributed by atoms with Crippen LogP contribution in [0.4, 0.5) is 10.5 Å². The average Bonchev–Trinajstić information content (AvgIpc) is 2.77. The van der Waals surface area contributed by atoms with Crippen molar-refractivity contribution in [3.63, 3.8) is 0 Å². The maximum atomic E-state index is 12.8. The zero-order valence-electron chi connectivity index (χ0n) is 18.9. The Labute approximate surface area is 188 Å². The van der Waals surface area contributed by atoms with E-state index in [4.69, 9.17) is 9.47 Å². The van der Waals surface area contributed by atoms with Crippen molar-refractivity contribution in [1.29, 1.82) is 0 Å². The van der Waals surface area contributed by atoms with Gasteiger partial charge in [-0.2, -0.15) is 0 Å². The van der Waals surface area contributed by atoms with E-state index in [1.165, 1.54) is 0 Å². The van der Waals surface area contributed by atoms with Crippen molar-refractivity contribution in [1.82, 2.24) is 10.6 Å². The van der Waals surface area contributed by atoms with E-state index in [0.717, 1.165) is 0 Å². The normalized spacial score (nSPS) is 11.4. The molecule has 2 aromatic rings. The van der Waals surface area contributed by atoms with Crippen molar-refractivity contribution in [2.24, 2.45) is 5.92 Å². The Bertz CT molecular complexity index is 912. The van der Waals surface area contributed by atoms with Gasteiger partial charge in [0.1, 0.15) is 5.75 Å². The highest BCUT2D eigenvalue weighted by atomic mass is 16.5. The van der Waals surface area contributed by atoms with Crippen molar-refractivity contribution in [2.75, 3.05) is 25.6 Å². The van der Waals surface area contributed by atoms with E-state index in [0.29, 0.717) is 34.9 Å². The van der Waals surface area contributed by atoms with Gasteiger partial charge in [-0.05, 0) is 55.7 Å². The molecule has 0 aliphatic heterocycles. The monoisotopic (exact) mass is 441 g/mol. The molecule has 8 nitrogen and oxygen atoms in total. The fourth-order valence-corrected chi connectivity index (χ4v) is 3.14. The molecule has 0 aromatic heterocycles. The van der Waals surface area contributed by atoms with E-state index < -0.39 is 6.09 Å². The van der Waals surface area contributed by atoms with Gasteiger partial charge in [0.05, 0.1) is 25.0 Å². The lowest BCUT2D eigenvalue weighted by Crippen LogP contribution is -2.44. The second-order valence-corrected chi connectivity index (χ2v) is 7.63. The predicted molar refractivity (Wildman–Crippen MR) is 123 cm³/mol. The van der Waals surface area contributed by atoms with Gasteiger partial charge in [-0.1, -0.05) is 26.0 Å². The quantitative estimate of drug-likeness (QED) is 0.520. The molecule has 32 heavy (non-hydrogen) atoms. The van der Waals surface area contributed by atoms with Crippen molar-refractivity contribution >= 4 is 23.6 Å². The summed E-state index contributed by atoms with van der Waals surface area (Å²) >= 11 is 0. The Morgan fingerprint density at radius 1 is 0.969 bits per heavy atom. The van der Waals surface area contributed by atoms with Crippen LogP contribution in [-0.2, 0) is 4.74 Å². The van der Waals surface area contributed by atoms with Crippen molar-refractivity contribution in [3.8, 4) is 5.75 Å². The van der Waals surface area contributed by atoms with Gasteiger partial charge >= 0.3 is 6.09 Å². The second kappa shape index (κ2) is 12.3. The van der Waals surface area contributed by atoms with Gasteiger partial charge in [-0.3, -0.25) is 9.59 Å². The Morgan fingerprint density at radius 3 is 2.28 bits per heavy atom. The predicted octanol–water partition coefficient (Wildman–Crippen LogP) is 3.84. The van der Waals surface area contributed by atoms with E-state index in [1.807, 2.05) is 13.8 Å². The first kappa shape index (κ1) is 24.7. The van der Waals surface area contributed by atoms with Gasteiger partial charge < -0.3 is 25.4 Å². The number of benzene rings is 2. The minimum absolute atomic E-state index is 0.233. The summed E-state index contributed by atoms with van der Waals surface area (Å²) in [4.78, 5) is 37.3. The first-order valence-electron chi connectivity index (χ1n) is 10.6. The molecule has 1 unspecified atom stereocenters. The number of para-hydroxylation sites is 1. The Morgan fingerprint density at radius 2 is 1.66 bits per heavy atom. The number of alkyl carbamates (subject to hydrolysis) is 1. The number of carbonyl (C=O) groups is 3. The van der Waals surface area contributed by atoms with E-state index in [2.05, 4.69) is 16.0 Å². The zero-order valence-corrected chi connectivity index (χ0v) is 18.9. The van der Waals surface area contributed by atoms with Gasteiger partial charge in [0, 0.05) is 18.2 Å². The van der Waals surface area contributed by atoms with Crippen molar-refractivity contribution in [3.05, 3.63) is 59.7 Å². The van der Waals surface area contributed by atoms with Crippen LogP contribution >= 0.6 is 0 Å². The third-order valence-electron chi connectivity index (χ3n) is 4.63. The molecule has 172 valence electrons. The molecule has 1 atom stereocenters. The molecular formula is C24H31N3O5. The zero-order chi connectivity index (χ0) is 23.5. The van der Waals surface area contributed by atoms with Gasteiger partial charge in [-0.15, -0.1) is 0 Å². The minimum Gasteiger partial charge on any atom is -0.497 e. The maximum Gasteiger partial charge on any atom is 0.407 e. The number of hydrogen-bond donors (Lipinski definition) is 3. The number of hydrogen-bond acceptors (Lipinski definition) is 5. The van der Waals surface area contributed by atoms with Crippen molar-refractivity contribution < 1.29 is 23.9 Å². The molecule has 2 rings (SSSR count). The van der Waals surface area contributed by atoms with Crippen LogP contribution in [0.3, 0.4) is 0 Å². The van der Waals surface area contributed by atoms with Crippen LogP contribution in [0, 0.1) is 5.92 Å². The molecule has 0 bridgehead atoms.